The van der Waals surface area contributed by atoms with Crippen molar-refractivity contribution in [2.45, 2.75) is 88.4 Å². The molecule has 2 fully saturated rings. The number of alkyl halides is 6. The number of thiophene rings is 1. The number of aliphatic carboxylic acids is 1. The minimum absolute atomic E-state index is 0.00106. The number of hydrogen-bond acceptors (Lipinski definition) is 8. The topological polar surface area (TPSA) is 130 Å². The largest absolute Gasteiger partial charge is 0.493 e. The molecule has 3 atom stereocenters. The van der Waals surface area contributed by atoms with Gasteiger partial charge in [0.25, 0.3) is 11.8 Å². The SMILES string of the molecule is CCC[C@H]1N(C(=O)c2ncccc2C(F)(F)F)CCC[C@@]1(Oc1ccc(C(F)(F)F)s1)C(=O)N1CCC(O)(c2ccccc2OC[C@@H](C)CC(=O)O)CC1. The van der Waals surface area contributed by atoms with Gasteiger partial charge in [0, 0.05) is 43.7 Å². The summed E-state index contributed by atoms with van der Waals surface area (Å²) in [5, 5.41) is 20.8. The van der Waals surface area contributed by atoms with Crippen molar-refractivity contribution in [2.75, 3.05) is 26.2 Å². The van der Waals surface area contributed by atoms with Crippen molar-refractivity contribution in [2.24, 2.45) is 5.92 Å². The fourth-order valence-corrected chi connectivity index (χ4v) is 8.03. The highest BCUT2D eigenvalue weighted by molar-refractivity contribution is 7.13. The zero-order valence-electron chi connectivity index (χ0n) is 29.6. The van der Waals surface area contributed by atoms with Gasteiger partial charge in [0.2, 0.25) is 5.60 Å². The first kappa shape index (κ1) is 40.8. The minimum atomic E-state index is -4.92. The van der Waals surface area contributed by atoms with E-state index in [0.29, 0.717) is 17.7 Å². The molecule has 0 saturated carbocycles. The number of aliphatic hydroxyl groups is 1. The van der Waals surface area contributed by atoms with Gasteiger partial charge in [0.15, 0.2) is 5.06 Å². The maximum Gasteiger partial charge on any atom is 0.425 e. The fourth-order valence-electron chi connectivity index (χ4n) is 7.23. The smallest absolute Gasteiger partial charge is 0.425 e. The Morgan fingerprint density at radius 1 is 0.981 bits per heavy atom. The van der Waals surface area contributed by atoms with Gasteiger partial charge in [-0.3, -0.25) is 19.4 Å². The predicted octanol–water partition coefficient (Wildman–Crippen LogP) is 7.40. The monoisotopic (exact) mass is 785 g/mol. The molecular weight excluding hydrogens is 744 g/mol. The van der Waals surface area contributed by atoms with Crippen LogP contribution >= 0.6 is 11.3 Å². The van der Waals surface area contributed by atoms with Crippen molar-refractivity contribution >= 4 is 29.1 Å². The zero-order chi connectivity index (χ0) is 39.5. The Labute approximate surface area is 311 Å². The van der Waals surface area contributed by atoms with Gasteiger partial charge < -0.3 is 29.5 Å². The first-order chi connectivity index (χ1) is 25.4. The number of nitrogens with zero attached hydrogens (tertiary/aromatic N) is 3. The van der Waals surface area contributed by atoms with Crippen molar-refractivity contribution in [3.63, 3.8) is 0 Å². The van der Waals surface area contributed by atoms with Crippen LogP contribution in [0, 0.1) is 5.92 Å². The third kappa shape index (κ3) is 8.77. The van der Waals surface area contributed by atoms with Gasteiger partial charge in [-0.2, -0.15) is 26.3 Å². The van der Waals surface area contributed by atoms with Gasteiger partial charge in [-0.05, 0) is 56.0 Å². The Bertz CT molecular complexity index is 1810. The maximum absolute atomic E-state index is 14.9. The molecule has 3 aromatic rings. The summed E-state index contributed by atoms with van der Waals surface area (Å²) in [5.41, 5.74) is -5.19. The van der Waals surface area contributed by atoms with Gasteiger partial charge in [-0.1, -0.05) is 49.8 Å². The van der Waals surface area contributed by atoms with Crippen LogP contribution in [0.15, 0.2) is 54.7 Å². The lowest BCUT2D eigenvalue weighted by Gasteiger charge is -2.51. The van der Waals surface area contributed by atoms with E-state index >= 15 is 0 Å². The lowest BCUT2D eigenvalue weighted by atomic mass is 9.78. The van der Waals surface area contributed by atoms with E-state index in [1.165, 1.54) is 4.90 Å². The zero-order valence-corrected chi connectivity index (χ0v) is 30.4. The molecule has 2 N–H and O–H groups in total. The lowest BCUT2D eigenvalue weighted by molar-refractivity contribution is -0.163. The Kier molecular flexibility index (Phi) is 12.2. The summed E-state index contributed by atoms with van der Waals surface area (Å²) in [6.45, 7) is 3.37. The number of carboxylic acid groups (broad SMARTS) is 1. The quantitative estimate of drug-likeness (QED) is 0.182. The van der Waals surface area contributed by atoms with Gasteiger partial charge in [0.1, 0.15) is 16.3 Å². The first-order valence-corrected chi connectivity index (χ1v) is 18.4. The number of carbonyl (C=O) groups excluding carboxylic acids is 2. The van der Waals surface area contributed by atoms with Crippen LogP contribution in [0.3, 0.4) is 0 Å². The van der Waals surface area contributed by atoms with Crippen LogP contribution < -0.4 is 9.47 Å². The van der Waals surface area contributed by atoms with Crippen molar-refractivity contribution < 1.29 is 60.4 Å². The summed E-state index contributed by atoms with van der Waals surface area (Å²) < 4.78 is 95.3. The summed E-state index contributed by atoms with van der Waals surface area (Å²) in [6.07, 6.45) is -8.28. The molecule has 0 unspecified atom stereocenters. The number of ether oxygens (including phenoxy) is 2. The summed E-state index contributed by atoms with van der Waals surface area (Å²) in [7, 11) is 0. The van der Waals surface area contributed by atoms with Crippen molar-refractivity contribution in [1.29, 1.82) is 0 Å². The second-order valence-corrected chi connectivity index (χ2v) is 14.8. The molecule has 0 spiro atoms. The van der Waals surface area contributed by atoms with Crippen LogP contribution in [0.25, 0.3) is 0 Å². The van der Waals surface area contributed by atoms with Crippen LogP contribution in [-0.4, -0.2) is 80.7 Å². The third-order valence-corrected chi connectivity index (χ3v) is 10.8. The molecule has 0 aliphatic carbocycles. The van der Waals surface area contributed by atoms with E-state index in [9.17, 15) is 45.8 Å². The Hall–Kier alpha value is -4.38. The number of aromatic nitrogens is 1. The highest BCUT2D eigenvalue weighted by atomic mass is 32.1. The van der Waals surface area contributed by atoms with E-state index in [1.54, 1.807) is 38.1 Å². The molecular formula is C37H41F6N3O7S. The number of rotatable bonds is 12. The van der Waals surface area contributed by atoms with Gasteiger partial charge in [-0.15, -0.1) is 0 Å². The molecule has 294 valence electrons. The highest BCUT2D eigenvalue weighted by Crippen LogP contribution is 2.45. The van der Waals surface area contributed by atoms with Crippen LogP contribution in [-0.2, 0) is 27.5 Å². The molecule has 2 aliphatic rings. The average molecular weight is 786 g/mol. The minimum Gasteiger partial charge on any atom is -0.493 e. The number of hydrogen-bond donors (Lipinski definition) is 2. The van der Waals surface area contributed by atoms with E-state index in [4.69, 9.17) is 14.6 Å². The standard InChI is InChI=1S/C37H41F6N3O7S/c1-3-8-27-35(53-30-13-12-28(54-30)37(41,42)43,14-7-18-46(27)32(49)31-25(36(38,39)40)10-6-17-44-31)33(50)45-19-15-34(51,16-20-45)24-9-4-5-11-26(24)52-22-23(2)21-29(47)48/h4-6,9-13,17,23,27,51H,3,7-8,14-16,18-22H2,1-2H3,(H,47,48)/t23-,27+,35-/m0/s1. The molecule has 2 amide bonds. The third-order valence-electron chi connectivity index (χ3n) is 9.82. The Balaban J connectivity index is 1.48. The van der Waals surface area contributed by atoms with Crippen molar-refractivity contribution in [1.82, 2.24) is 14.8 Å². The van der Waals surface area contributed by atoms with E-state index < -0.39 is 63.5 Å². The summed E-state index contributed by atoms with van der Waals surface area (Å²) in [6, 6.07) is 9.19. The molecule has 54 heavy (non-hydrogen) atoms. The number of pyridine rings is 1. The first-order valence-electron chi connectivity index (χ1n) is 17.5. The number of carboxylic acids is 1. The molecule has 2 aromatic heterocycles. The molecule has 17 heteroatoms. The maximum atomic E-state index is 14.9. The number of halogens is 6. The van der Waals surface area contributed by atoms with Crippen LogP contribution in [0.1, 0.15) is 85.3 Å². The average Bonchev–Trinajstić information content (AvgIpc) is 3.60. The number of benzene rings is 1. The summed E-state index contributed by atoms with van der Waals surface area (Å²) in [4.78, 5) is 45.3. The molecule has 0 radical (unpaired) electrons. The Morgan fingerprint density at radius 3 is 2.31 bits per heavy atom. The summed E-state index contributed by atoms with van der Waals surface area (Å²) in [5.74, 6) is -2.73. The molecule has 5 rings (SSSR count). The van der Waals surface area contributed by atoms with Gasteiger partial charge in [-0.25, -0.2) is 0 Å². The van der Waals surface area contributed by atoms with E-state index in [1.807, 2.05) is 0 Å². The highest BCUT2D eigenvalue weighted by Gasteiger charge is 2.57. The Morgan fingerprint density at radius 2 is 1.69 bits per heavy atom. The predicted molar refractivity (Wildman–Crippen MR) is 184 cm³/mol. The van der Waals surface area contributed by atoms with Crippen LogP contribution in [0.5, 0.6) is 10.8 Å². The molecule has 2 saturated heterocycles. The molecule has 0 bridgehead atoms. The molecule has 10 nitrogen and oxygen atoms in total. The summed E-state index contributed by atoms with van der Waals surface area (Å²) >= 11 is 0.267. The van der Waals surface area contributed by atoms with E-state index in [-0.39, 0.29) is 87.1 Å². The normalized spacial score (nSPS) is 21.0. The number of carbonyl (C=O) groups is 3. The number of amides is 2. The second kappa shape index (κ2) is 16.2. The van der Waals surface area contributed by atoms with E-state index in [2.05, 4.69) is 4.98 Å². The lowest BCUT2D eigenvalue weighted by Crippen LogP contribution is -2.68. The van der Waals surface area contributed by atoms with E-state index in [0.717, 1.165) is 35.4 Å². The molecule has 1 aromatic carbocycles. The van der Waals surface area contributed by atoms with Gasteiger partial charge >= 0.3 is 18.3 Å². The fraction of sp³-hybridized carbons (Fsp3) is 0.514. The van der Waals surface area contributed by atoms with Crippen LogP contribution in [0.4, 0.5) is 26.3 Å². The molecule has 2 aliphatic heterocycles. The number of para-hydroxylation sites is 1. The van der Waals surface area contributed by atoms with Crippen molar-refractivity contribution in [3.8, 4) is 10.8 Å². The number of piperidine rings is 2. The van der Waals surface area contributed by atoms with Crippen LogP contribution in [0.2, 0.25) is 0 Å². The number of likely N-dealkylation sites (tertiary alicyclic amines) is 2. The van der Waals surface area contributed by atoms with Crippen molar-refractivity contribution in [3.05, 3.63) is 76.4 Å². The molecule has 4 heterocycles. The second-order valence-electron chi connectivity index (χ2n) is 13.7. The van der Waals surface area contributed by atoms with Gasteiger partial charge in [0.05, 0.1) is 30.2 Å².